The number of aromatic nitrogens is 2. The molecule has 2 aromatic heterocycles. The van der Waals surface area contributed by atoms with E-state index in [1.807, 2.05) is 50.7 Å². The molecule has 7 rings (SSSR count). The Hall–Kier alpha value is -3.43. The van der Waals surface area contributed by atoms with Crippen LogP contribution in [0.2, 0.25) is 0 Å². The van der Waals surface area contributed by atoms with Gasteiger partial charge >= 0.3 is 17.8 Å². The van der Waals surface area contributed by atoms with Crippen LogP contribution in [0.5, 0.6) is 0 Å². The largest absolute Gasteiger partial charge is 0.519 e. The van der Waals surface area contributed by atoms with Crippen molar-refractivity contribution < 1.29 is 33.1 Å². The molecule has 2 aromatic rings. The van der Waals surface area contributed by atoms with Gasteiger partial charge in [-0.3, -0.25) is 19.1 Å². The summed E-state index contributed by atoms with van der Waals surface area (Å²) >= 11 is 0. The average molecular weight is 691 g/mol. The number of hydrogen-bond acceptors (Lipinski definition) is 8. The van der Waals surface area contributed by atoms with E-state index in [1.54, 1.807) is 6.20 Å². The van der Waals surface area contributed by atoms with Crippen molar-refractivity contribution in [3.8, 4) is 0 Å². The van der Waals surface area contributed by atoms with Crippen LogP contribution in [0.25, 0.3) is 0 Å². The Bertz CT molecular complexity index is 1800. The first-order valence-electron chi connectivity index (χ1n) is 18.6. The van der Waals surface area contributed by atoms with E-state index >= 15 is 0 Å². The number of allylic oxidation sites excluding steroid dienone is 2. The first-order valence-corrected chi connectivity index (χ1v) is 18.6. The number of carboxylic acids is 1. The Labute approximate surface area is 294 Å². The van der Waals surface area contributed by atoms with Crippen LogP contribution < -0.4 is 5.82 Å². The summed E-state index contributed by atoms with van der Waals surface area (Å²) in [6.45, 7) is 16.6. The molecule has 10 nitrogen and oxygen atoms in total. The minimum absolute atomic E-state index is 0.0292. The van der Waals surface area contributed by atoms with Crippen LogP contribution in [0.4, 0.5) is 0 Å². The van der Waals surface area contributed by atoms with Crippen molar-refractivity contribution >= 4 is 17.7 Å². The third kappa shape index (κ3) is 4.67. The number of rotatable bonds is 6. The fourth-order valence-corrected chi connectivity index (χ4v) is 12.3. The highest BCUT2D eigenvalue weighted by Gasteiger charge is 2.72. The molecule has 0 radical (unpaired) electrons. The van der Waals surface area contributed by atoms with Gasteiger partial charge in [0.25, 0.3) is 0 Å². The van der Waals surface area contributed by atoms with Crippen LogP contribution in [-0.4, -0.2) is 32.6 Å². The minimum atomic E-state index is -1.04. The topological polar surface area (TPSA) is 142 Å². The van der Waals surface area contributed by atoms with Gasteiger partial charge in [-0.25, -0.2) is 4.79 Å². The first kappa shape index (κ1) is 35.0. The van der Waals surface area contributed by atoms with Crippen molar-refractivity contribution in [3.05, 3.63) is 52.2 Å². The molecule has 0 unspecified atom stereocenters. The predicted molar refractivity (Wildman–Crippen MR) is 184 cm³/mol. The Kier molecular flexibility index (Phi) is 7.90. The van der Waals surface area contributed by atoms with Crippen LogP contribution in [0.1, 0.15) is 137 Å². The summed E-state index contributed by atoms with van der Waals surface area (Å²) in [5.41, 5.74) is -1.87. The second kappa shape index (κ2) is 11.3. The van der Waals surface area contributed by atoms with Crippen LogP contribution in [-0.2, 0) is 25.7 Å². The van der Waals surface area contributed by atoms with E-state index in [2.05, 4.69) is 32.8 Å². The maximum atomic E-state index is 14.9. The molecule has 5 aliphatic rings. The lowest BCUT2D eigenvalue weighted by molar-refractivity contribution is -0.209. The Morgan fingerprint density at radius 3 is 2.38 bits per heavy atom. The van der Waals surface area contributed by atoms with Crippen molar-refractivity contribution in [1.82, 2.24) is 9.78 Å². The van der Waals surface area contributed by atoms with Crippen molar-refractivity contribution in [3.63, 3.8) is 0 Å². The van der Waals surface area contributed by atoms with Crippen LogP contribution in [0.15, 0.2) is 43.7 Å². The maximum Gasteiger partial charge on any atom is 0.519 e. The van der Waals surface area contributed by atoms with E-state index in [0.717, 1.165) is 38.5 Å². The summed E-state index contributed by atoms with van der Waals surface area (Å²) in [6.07, 6.45) is 12.5. The highest BCUT2D eigenvalue weighted by Crippen LogP contribution is 2.76. The lowest BCUT2D eigenvalue weighted by atomic mass is 9.33. The molecule has 0 saturated heterocycles. The molecule has 10 atom stereocenters. The quantitative estimate of drug-likeness (QED) is 0.300. The SMILES string of the molecule is CC(C)c1oc(=O)oc1COC(=O)[C@]1(C)[C@@H](n2cccn2)CC[C@@]2(C)[C@H]1CC[C@]1(C)[C@@H]2C(=O)C=C2[C@@H]3C[C@@](C)(C(=O)O)CC[C@]3(C)CC[C@]21C. The van der Waals surface area contributed by atoms with Crippen molar-refractivity contribution in [2.24, 2.45) is 50.2 Å². The molecular formula is C40H54N2O8. The Morgan fingerprint density at radius 2 is 1.72 bits per heavy atom. The van der Waals surface area contributed by atoms with Crippen molar-refractivity contribution in [2.45, 2.75) is 132 Å². The molecule has 10 heteroatoms. The van der Waals surface area contributed by atoms with Crippen LogP contribution in [0.3, 0.4) is 0 Å². The maximum absolute atomic E-state index is 14.9. The van der Waals surface area contributed by atoms with Gasteiger partial charge in [-0.05, 0) is 117 Å². The van der Waals surface area contributed by atoms with Crippen molar-refractivity contribution in [2.75, 3.05) is 0 Å². The van der Waals surface area contributed by atoms with E-state index in [1.165, 1.54) is 5.57 Å². The lowest BCUT2D eigenvalue weighted by Gasteiger charge is -2.70. The second-order valence-corrected chi connectivity index (χ2v) is 18.4. The number of carboxylic acid groups (broad SMARTS) is 1. The van der Waals surface area contributed by atoms with Crippen molar-refractivity contribution in [1.29, 1.82) is 0 Å². The number of hydrogen-bond donors (Lipinski definition) is 1. The van der Waals surface area contributed by atoms with Crippen LogP contribution >= 0.6 is 0 Å². The summed E-state index contributed by atoms with van der Waals surface area (Å²) in [5.74, 6) is -1.86. The van der Waals surface area contributed by atoms with Gasteiger partial charge in [0.1, 0.15) is 0 Å². The van der Waals surface area contributed by atoms with Gasteiger partial charge < -0.3 is 18.7 Å². The third-order valence-corrected chi connectivity index (χ3v) is 15.5. The van der Waals surface area contributed by atoms with Gasteiger partial charge in [0.15, 0.2) is 23.9 Å². The Morgan fingerprint density at radius 1 is 1.00 bits per heavy atom. The number of nitrogens with zero attached hydrogens (tertiary/aromatic N) is 2. The molecule has 0 aromatic carbocycles. The zero-order chi connectivity index (χ0) is 36.2. The second-order valence-electron chi connectivity index (χ2n) is 18.4. The zero-order valence-corrected chi connectivity index (χ0v) is 31.0. The number of esters is 1. The number of fused-ring (bicyclic) bond motifs is 7. The molecule has 4 fully saturated rings. The molecule has 1 N–H and O–H groups in total. The standard InChI is InChI=1S/C40H54N2O8/c1-23(2)30-27(49-34(47)50-30)22-48-33(46)40(8)28-10-13-39(7)31(37(28,5)12-11-29(40)42-19-9-18-41-42)26(43)20-24-25-21-36(4,32(44)45)15-14-35(25,3)16-17-38(24,39)6/h9,18-20,23,25,28-29,31H,10-17,21-22H2,1-8H3,(H,44,45)/t25-,28+,29-,31+,35+,36-,37-,38+,39+,40-/m0/s1. The van der Waals surface area contributed by atoms with Gasteiger partial charge in [-0.15, -0.1) is 0 Å². The van der Waals surface area contributed by atoms with Crippen LogP contribution in [0, 0.1) is 50.2 Å². The molecule has 0 amide bonds. The van der Waals surface area contributed by atoms with Gasteiger partial charge in [0, 0.05) is 24.2 Å². The highest BCUT2D eigenvalue weighted by atomic mass is 16.6. The molecule has 0 bridgehead atoms. The number of carbonyl (C=O) groups excluding carboxylic acids is 2. The number of aliphatic carboxylic acids is 1. The van der Waals surface area contributed by atoms with Gasteiger partial charge in [0.2, 0.25) is 0 Å². The molecule has 2 heterocycles. The summed E-state index contributed by atoms with van der Waals surface area (Å²) in [4.78, 5) is 54.0. The van der Waals surface area contributed by atoms with E-state index in [4.69, 9.17) is 13.6 Å². The summed E-state index contributed by atoms with van der Waals surface area (Å²) in [5, 5.41) is 14.9. The van der Waals surface area contributed by atoms with E-state index in [0.29, 0.717) is 25.0 Å². The smallest absolute Gasteiger partial charge is 0.481 e. The van der Waals surface area contributed by atoms with Gasteiger partial charge in [-0.2, -0.15) is 5.10 Å². The molecule has 5 aliphatic carbocycles. The third-order valence-electron chi connectivity index (χ3n) is 15.5. The lowest BCUT2D eigenvalue weighted by Crippen LogP contribution is -2.67. The molecule has 50 heavy (non-hydrogen) atoms. The van der Waals surface area contributed by atoms with Gasteiger partial charge in [-0.1, -0.05) is 47.1 Å². The molecule has 4 saturated carbocycles. The number of ketones is 1. The fraction of sp³-hybridized carbons (Fsp3) is 0.725. The Balaban J connectivity index is 1.28. The monoisotopic (exact) mass is 690 g/mol. The van der Waals surface area contributed by atoms with Gasteiger partial charge in [0.05, 0.1) is 16.9 Å². The minimum Gasteiger partial charge on any atom is -0.481 e. The normalized spacial score (nSPS) is 42.5. The predicted octanol–water partition coefficient (Wildman–Crippen LogP) is 7.88. The van der Waals surface area contributed by atoms with E-state index in [9.17, 15) is 24.3 Å². The van der Waals surface area contributed by atoms with E-state index in [-0.39, 0.29) is 64.1 Å². The molecular weight excluding hydrogens is 636 g/mol. The number of carbonyl (C=O) groups is 3. The fourth-order valence-electron chi connectivity index (χ4n) is 12.3. The molecule has 0 aliphatic heterocycles. The summed E-state index contributed by atoms with van der Waals surface area (Å²) in [7, 11) is 0. The molecule has 0 spiro atoms. The average Bonchev–Trinajstić information content (AvgIpc) is 3.71. The summed E-state index contributed by atoms with van der Waals surface area (Å²) < 4.78 is 18.5. The van der Waals surface area contributed by atoms with E-state index < -0.39 is 34.0 Å². The summed E-state index contributed by atoms with van der Waals surface area (Å²) in [6, 6.07) is 1.57. The first-order chi connectivity index (χ1) is 23.3. The molecule has 272 valence electrons. The zero-order valence-electron chi connectivity index (χ0n) is 31.0. The highest BCUT2D eigenvalue weighted by molar-refractivity contribution is 5.96. The number of ether oxygens (including phenoxy) is 1.